The number of benzene rings is 2. The molecule has 1 aromatic heterocycles. The van der Waals surface area contributed by atoms with Gasteiger partial charge in [0.2, 0.25) is 0 Å². The highest BCUT2D eigenvalue weighted by Gasteiger charge is 2.45. The summed E-state index contributed by atoms with van der Waals surface area (Å²) in [6.07, 6.45) is -3.10. The SMILES string of the molecule is COc1ccc(CN2C(=O)c3cccn3C3CN(Cc4ccccc4F)CC32)cc1.O=C(O)C(F)(F)F. The number of halogens is 4. The van der Waals surface area contributed by atoms with Gasteiger partial charge in [0.1, 0.15) is 17.3 Å². The Hall–Kier alpha value is -3.86. The van der Waals surface area contributed by atoms with Crippen molar-refractivity contribution in [1.82, 2.24) is 14.4 Å². The van der Waals surface area contributed by atoms with E-state index < -0.39 is 12.1 Å². The minimum Gasteiger partial charge on any atom is -0.497 e. The fraction of sp³-hybridized carbons (Fsp3) is 0.308. The first-order valence-corrected chi connectivity index (χ1v) is 11.4. The van der Waals surface area contributed by atoms with Gasteiger partial charge in [-0.3, -0.25) is 9.69 Å². The minimum atomic E-state index is -5.08. The number of methoxy groups -OCH3 is 1. The van der Waals surface area contributed by atoms with Crippen LogP contribution in [-0.4, -0.2) is 63.8 Å². The van der Waals surface area contributed by atoms with Crippen molar-refractivity contribution in [1.29, 1.82) is 0 Å². The number of carbonyl (C=O) groups excluding carboxylic acids is 1. The lowest BCUT2D eigenvalue weighted by molar-refractivity contribution is -0.192. The van der Waals surface area contributed by atoms with Crippen molar-refractivity contribution >= 4 is 11.9 Å². The standard InChI is InChI=1S/C24H24FN3O2.C2HF3O2/c1-30-19-10-8-17(9-11-19)13-28-23-16-26(14-18-5-2-3-6-20(18)25)15-22(23)27-12-4-7-21(27)24(28)29;3-2(4,5)1(6)7/h2-12,22-23H,13-16H2,1H3;(H,6,7). The summed E-state index contributed by atoms with van der Waals surface area (Å²) < 4.78 is 53.3. The Kier molecular flexibility index (Phi) is 7.53. The molecule has 7 nitrogen and oxygen atoms in total. The summed E-state index contributed by atoms with van der Waals surface area (Å²) in [4.78, 5) is 26.4. The van der Waals surface area contributed by atoms with Crippen molar-refractivity contribution < 1.29 is 37.0 Å². The minimum absolute atomic E-state index is 0.0461. The first-order chi connectivity index (χ1) is 17.6. The van der Waals surface area contributed by atoms with Crippen LogP contribution in [-0.2, 0) is 17.9 Å². The summed E-state index contributed by atoms with van der Waals surface area (Å²) >= 11 is 0. The smallest absolute Gasteiger partial charge is 0.490 e. The third-order valence-electron chi connectivity index (χ3n) is 6.46. The predicted octanol–water partition coefficient (Wildman–Crippen LogP) is 4.35. The number of aliphatic carboxylic acids is 1. The van der Waals surface area contributed by atoms with Gasteiger partial charge in [-0.2, -0.15) is 13.2 Å². The van der Waals surface area contributed by atoms with Crippen molar-refractivity contribution in [3.8, 4) is 5.75 Å². The number of rotatable bonds is 5. The van der Waals surface area contributed by atoms with E-state index in [4.69, 9.17) is 14.6 Å². The zero-order valence-corrected chi connectivity index (χ0v) is 19.9. The molecule has 0 saturated carbocycles. The number of amides is 1. The van der Waals surface area contributed by atoms with Crippen molar-refractivity contribution in [3.63, 3.8) is 0 Å². The summed E-state index contributed by atoms with van der Waals surface area (Å²) in [5, 5.41) is 7.12. The van der Waals surface area contributed by atoms with Crippen LogP contribution in [0.1, 0.15) is 27.7 Å². The van der Waals surface area contributed by atoms with Crippen molar-refractivity contribution in [3.05, 3.63) is 89.5 Å². The molecule has 0 spiro atoms. The van der Waals surface area contributed by atoms with Crippen LogP contribution in [0.4, 0.5) is 17.6 Å². The number of alkyl halides is 3. The van der Waals surface area contributed by atoms with Gasteiger partial charge in [-0.1, -0.05) is 30.3 Å². The molecule has 37 heavy (non-hydrogen) atoms. The van der Waals surface area contributed by atoms with Crippen LogP contribution >= 0.6 is 0 Å². The molecule has 2 atom stereocenters. The van der Waals surface area contributed by atoms with Gasteiger partial charge in [0.25, 0.3) is 5.91 Å². The molecule has 0 bridgehead atoms. The third-order valence-corrected chi connectivity index (χ3v) is 6.46. The monoisotopic (exact) mass is 519 g/mol. The fourth-order valence-corrected chi connectivity index (χ4v) is 4.70. The second kappa shape index (κ2) is 10.6. The molecule has 1 amide bonds. The van der Waals surface area contributed by atoms with E-state index in [-0.39, 0.29) is 23.8 Å². The van der Waals surface area contributed by atoms with E-state index in [1.165, 1.54) is 6.07 Å². The summed E-state index contributed by atoms with van der Waals surface area (Å²) in [7, 11) is 1.64. The van der Waals surface area contributed by atoms with Gasteiger partial charge in [-0.15, -0.1) is 0 Å². The van der Waals surface area contributed by atoms with E-state index in [0.717, 1.165) is 30.1 Å². The molecule has 1 fully saturated rings. The Bertz CT molecular complexity index is 1260. The maximum Gasteiger partial charge on any atom is 0.490 e. The number of hydrogen-bond acceptors (Lipinski definition) is 4. The maximum absolute atomic E-state index is 14.2. The molecule has 11 heteroatoms. The molecular weight excluding hydrogens is 494 g/mol. The van der Waals surface area contributed by atoms with Crippen LogP contribution in [0, 0.1) is 5.82 Å². The van der Waals surface area contributed by atoms with Crippen LogP contribution in [0.3, 0.4) is 0 Å². The maximum atomic E-state index is 14.2. The van der Waals surface area contributed by atoms with E-state index >= 15 is 0 Å². The third kappa shape index (κ3) is 5.77. The molecule has 1 saturated heterocycles. The van der Waals surface area contributed by atoms with E-state index in [9.17, 15) is 22.4 Å². The zero-order valence-electron chi connectivity index (χ0n) is 19.9. The summed E-state index contributed by atoms with van der Waals surface area (Å²) in [5.41, 5.74) is 2.48. The van der Waals surface area contributed by atoms with Gasteiger partial charge in [0, 0.05) is 37.9 Å². The first kappa shape index (κ1) is 26.2. The zero-order chi connectivity index (χ0) is 26.7. The second-order valence-electron chi connectivity index (χ2n) is 8.80. The number of likely N-dealkylation sites (tertiary alicyclic amines) is 1. The lowest BCUT2D eigenvalue weighted by atomic mass is 10.0. The van der Waals surface area contributed by atoms with Crippen LogP contribution in [0.5, 0.6) is 5.75 Å². The van der Waals surface area contributed by atoms with Crippen LogP contribution in [0.25, 0.3) is 0 Å². The highest BCUT2D eigenvalue weighted by atomic mass is 19.4. The van der Waals surface area contributed by atoms with Crippen molar-refractivity contribution in [2.75, 3.05) is 20.2 Å². The number of carbonyl (C=O) groups is 2. The Labute approximate surface area is 210 Å². The molecule has 3 heterocycles. The van der Waals surface area contributed by atoms with Crippen LogP contribution in [0.2, 0.25) is 0 Å². The topological polar surface area (TPSA) is 75.0 Å². The number of hydrogen-bond donors (Lipinski definition) is 1. The van der Waals surface area contributed by atoms with Gasteiger partial charge in [-0.25, -0.2) is 9.18 Å². The Morgan fingerprint density at radius 1 is 1.00 bits per heavy atom. The fourth-order valence-electron chi connectivity index (χ4n) is 4.70. The quantitative estimate of drug-likeness (QED) is 0.508. The van der Waals surface area contributed by atoms with Crippen molar-refractivity contribution in [2.24, 2.45) is 0 Å². The molecule has 0 aliphatic carbocycles. The second-order valence-corrected chi connectivity index (χ2v) is 8.80. The number of fused-ring (bicyclic) bond motifs is 3. The molecule has 3 aromatic rings. The molecule has 2 unspecified atom stereocenters. The number of nitrogens with zero attached hydrogens (tertiary/aromatic N) is 3. The van der Waals surface area contributed by atoms with E-state index in [2.05, 4.69) is 9.47 Å². The Morgan fingerprint density at radius 2 is 1.65 bits per heavy atom. The van der Waals surface area contributed by atoms with E-state index in [1.54, 1.807) is 13.2 Å². The average molecular weight is 519 g/mol. The molecule has 2 aromatic carbocycles. The lowest BCUT2D eigenvalue weighted by Gasteiger charge is -2.38. The molecule has 5 rings (SSSR count). The Balaban J connectivity index is 0.000000405. The van der Waals surface area contributed by atoms with E-state index in [0.29, 0.717) is 18.7 Å². The largest absolute Gasteiger partial charge is 0.497 e. The van der Waals surface area contributed by atoms with Gasteiger partial charge >= 0.3 is 12.1 Å². The molecule has 0 radical (unpaired) electrons. The summed E-state index contributed by atoms with van der Waals surface area (Å²) in [5.74, 6) is -2.09. The first-order valence-electron chi connectivity index (χ1n) is 11.4. The molecule has 2 aliphatic heterocycles. The number of carboxylic acid groups (broad SMARTS) is 1. The number of carboxylic acids is 1. The highest BCUT2D eigenvalue weighted by Crippen LogP contribution is 2.35. The molecule has 1 N–H and O–H groups in total. The van der Waals surface area contributed by atoms with Gasteiger partial charge in [-0.05, 0) is 35.9 Å². The molecular formula is C26H25F4N3O4. The van der Waals surface area contributed by atoms with Gasteiger partial charge < -0.3 is 19.3 Å². The van der Waals surface area contributed by atoms with Crippen molar-refractivity contribution in [2.45, 2.75) is 31.3 Å². The summed E-state index contributed by atoms with van der Waals surface area (Å²) in [6, 6.07) is 18.8. The van der Waals surface area contributed by atoms with Gasteiger partial charge in [0.05, 0.1) is 19.2 Å². The Morgan fingerprint density at radius 3 is 2.27 bits per heavy atom. The highest BCUT2D eigenvalue weighted by molar-refractivity contribution is 5.94. The number of aromatic nitrogens is 1. The lowest BCUT2D eigenvalue weighted by Crippen LogP contribution is -2.49. The summed E-state index contributed by atoms with van der Waals surface area (Å²) in [6.45, 7) is 2.59. The van der Waals surface area contributed by atoms with E-state index in [1.807, 2.05) is 59.6 Å². The van der Waals surface area contributed by atoms with Gasteiger partial charge in [0.15, 0.2) is 0 Å². The molecule has 2 aliphatic rings. The van der Waals surface area contributed by atoms with Crippen LogP contribution in [0.15, 0.2) is 66.9 Å². The van der Waals surface area contributed by atoms with Crippen LogP contribution < -0.4 is 4.74 Å². The molecule has 196 valence electrons. The predicted molar refractivity (Wildman–Crippen MR) is 125 cm³/mol. The normalized spacial score (nSPS) is 19.1. The average Bonchev–Trinajstić information content (AvgIpc) is 3.51. The number of ether oxygens (including phenoxy) is 1.